The van der Waals surface area contributed by atoms with Crippen LogP contribution in [0, 0.1) is 11.8 Å². The summed E-state index contributed by atoms with van der Waals surface area (Å²) in [5.74, 6) is -0.306. The zero-order chi connectivity index (χ0) is 23.6. The number of carbonyl (C=O) groups excluding carboxylic acids is 3. The molecule has 0 spiro atoms. The summed E-state index contributed by atoms with van der Waals surface area (Å²) in [6.45, 7) is 6.01. The Morgan fingerprint density at radius 3 is 2.45 bits per heavy atom. The molecule has 1 N–H and O–H groups in total. The second kappa shape index (κ2) is 12.8. The average Bonchev–Trinajstić information content (AvgIpc) is 3.33. The smallest absolute Gasteiger partial charge is 0.286 e. The minimum atomic E-state index is -0.736. The van der Waals surface area contributed by atoms with Crippen molar-refractivity contribution >= 4 is 17.6 Å². The summed E-state index contributed by atoms with van der Waals surface area (Å²) in [6.07, 6.45) is 8.33. The lowest BCUT2D eigenvalue weighted by atomic mass is 9.81. The largest absolute Gasteiger partial charge is 0.418 e. The van der Waals surface area contributed by atoms with Crippen LogP contribution in [0.4, 0.5) is 0 Å². The Labute approximate surface area is 196 Å². The molecule has 1 saturated carbocycles. The first-order valence-corrected chi connectivity index (χ1v) is 12.5. The Kier molecular flexibility index (Phi) is 9.84. The van der Waals surface area contributed by atoms with E-state index in [9.17, 15) is 14.4 Å². The number of ether oxygens (including phenoxy) is 1. The van der Waals surface area contributed by atoms with Crippen LogP contribution in [0.2, 0.25) is 0 Å². The molecule has 2 amide bonds. The van der Waals surface area contributed by atoms with Gasteiger partial charge in [-0.05, 0) is 18.8 Å². The van der Waals surface area contributed by atoms with Crippen molar-refractivity contribution in [3.05, 3.63) is 11.8 Å². The van der Waals surface area contributed by atoms with Crippen LogP contribution in [-0.2, 0) is 20.7 Å². The van der Waals surface area contributed by atoms with E-state index in [1.54, 1.807) is 4.90 Å². The fraction of sp³-hybridized carbons (Fsp3) is 0.792. The van der Waals surface area contributed by atoms with Crippen molar-refractivity contribution in [1.29, 1.82) is 0 Å². The number of morpholine rings is 1. The third-order valence-corrected chi connectivity index (χ3v) is 6.69. The molecule has 1 aliphatic heterocycles. The second-order valence-corrected chi connectivity index (χ2v) is 9.20. The topological polar surface area (TPSA) is 115 Å². The Morgan fingerprint density at radius 1 is 1.09 bits per heavy atom. The van der Waals surface area contributed by atoms with Gasteiger partial charge in [-0.25, -0.2) is 0 Å². The van der Waals surface area contributed by atoms with Gasteiger partial charge in [0.25, 0.3) is 5.89 Å². The zero-order valence-corrected chi connectivity index (χ0v) is 20.0. The molecule has 184 valence electrons. The number of aromatic nitrogens is 2. The molecule has 2 aliphatic rings. The number of amides is 2. The van der Waals surface area contributed by atoms with Gasteiger partial charge in [0.15, 0.2) is 0 Å². The molecule has 1 aliphatic carbocycles. The highest BCUT2D eigenvalue weighted by molar-refractivity contribution is 5.99. The van der Waals surface area contributed by atoms with E-state index in [2.05, 4.69) is 15.5 Å². The maximum absolute atomic E-state index is 13.4. The normalized spacial score (nSPS) is 19.2. The van der Waals surface area contributed by atoms with E-state index in [-0.39, 0.29) is 29.9 Å². The van der Waals surface area contributed by atoms with Gasteiger partial charge in [0.1, 0.15) is 0 Å². The number of hydrogen-bond acceptors (Lipinski definition) is 7. The van der Waals surface area contributed by atoms with Gasteiger partial charge in [-0.3, -0.25) is 14.4 Å². The van der Waals surface area contributed by atoms with Crippen LogP contribution in [0.25, 0.3) is 0 Å². The monoisotopic (exact) mass is 462 g/mol. The molecule has 2 fully saturated rings. The number of Topliss-reactive ketones (excluding diaryl/α,β-unsaturated/α-hetero) is 1. The van der Waals surface area contributed by atoms with Crippen molar-refractivity contribution in [2.75, 3.05) is 26.3 Å². The second-order valence-electron chi connectivity index (χ2n) is 9.20. The van der Waals surface area contributed by atoms with E-state index >= 15 is 0 Å². The van der Waals surface area contributed by atoms with Crippen LogP contribution in [0.5, 0.6) is 0 Å². The van der Waals surface area contributed by atoms with Crippen LogP contribution >= 0.6 is 0 Å². The first-order chi connectivity index (χ1) is 16.0. The Balaban J connectivity index is 1.69. The van der Waals surface area contributed by atoms with E-state index in [0.717, 1.165) is 12.8 Å². The molecule has 0 bridgehead atoms. The first kappa shape index (κ1) is 25.3. The van der Waals surface area contributed by atoms with Crippen LogP contribution in [-0.4, -0.2) is 65.0 Å². The van der Waals surface area contributed by atoms with Crippen molar-refractivity contribution in [1.82, 2.24) is 20.4 Å². The number of hydrogen-bond donors (Lipinski definition) is 1. The van der Waals surface area contributed by atoms with Crippen LogP contribution < -0.4 is 5.32 Å². The van der Waals surface area contributed by atoms with Crippen LogP contribution in [0.3, 0.4) is 0 Å². The molecule has 0 radical (unpaired) electrons. The molecule has 2 heterocycles. The van der Waals surface area contributed by atoms with E-state index in [0.29, 0.717) is 63.8 Å². The molecule has 1 saturated heterocycles. The summed E-state index contributed by atoms with van der Waals surface area (Å²) in [5, 5.41) is 10.7. The number of aryl methyl sites for hydroxylation is 1. The summed E-state index contributed by atoms with van der Waals surface area (Å²) in [6, 6.07) is -0.736. The van der Waals surface area contributed by atoms with Crippen molar-refractivity contribution in [3.8, 4) is 0 Å². The molecule has 9 nitrogen and oxygen atoms in total. The highest BCUT2D eigenvalue weighted by atomic mass is 16.5. The maximum atomic E-state index is 13.4. The summed E-state index contributed by atoms with van der Waals surface area (Å²) in [4.78, 5) is 41.1. The van der Waals surface area contributed by atoms with Crippen molar-refractivity contribution < 1.29 is 23.5 Å². The molecule has 0 unspecified atom stereocenters. The lowest BCUT2D eigenvalue weighted by molar-refractivity contribution is -0.140. The van der Waals surface area contributed by atoms with Crippen LogP contribution in [0.1, 0.15) is 88.2 Å². The molecule has 0 aromatic carbocycles. The highest BCUT2D eigenvalue weighted by Gasteiger charge is 2.32. The number of nitrogens with zero attached hydrogens (tertiary/aromatic N) is 3. The molecule has 1 aromatic heterocycles. The summed E-state index contributed by atoms with van der Waals surface area (Å²) in [5.41, 5.74) is 0. The van der Waals surface area contributed by atoms with E-state index in [1.807, 2.05) is 13.8 Å². The Bertz CT molecular complexity index is 784. The fourth-order valence-corrected chi connectivity index (χ4v) is 4.75. The molecule has 2 atom stereocenters. The van der Waals surface area contributed by atoms with Gasteiger partial charge in [0.2, 0.25) is 23.5 Å². The molecular formula is C24H38N4O5. The third kappa shape index (κ3) is 7.35. The predicted molar refractivity (Wildman–Crippen MR) is 122 cm³/mol. The number of rotatable bonds is 11. The molecule has 33 heavy (non-hydrogen) atoms. The van der Waals surface area contributed by atoms with Gasteiger partial charge < -0.3 is 19.4 Å². The molecule has 1 aromatic rings. The van der Waals surface area contributed by atoms with Gasteiger partial charge in [-0.2, -0.15) is 0 Å². The van der Waals surface area contributed by atoms with E-state index in [4.69, 9.17) is 9.15 Å². The summed E-state index contributed by atoms with van der Waals surface area (Å²) >= 11 is 0. The Morgan fingerprint density at radius 2 is 1.82 bits per heavy atom. The Hall–Kier alpha value is -2.29. The minimum absolute atomic E-state index is 0.0166. The maximum Gasteiger partial charge on any atom is 0.286 e. The molecule has 9 heteroatoms. The van der Waals surface area contributed by atoms with E-state index in [1.165, 1.54) is 19.3 Å². The minimum Gasteiger partial charge on any atom is -0.418 e. The van der Waals surface area contributed by atoms with Gasteiger partial charge in [-0.15, -0.1) is 10.2 Å². The molecular weight excluding hydrogens is 424 g/mol. The molecule has 3 rings (SSSR count). The van der Waals surface area contributed by atoms with Gasteiger partial charge >= 0.3 is 0 Å². The average molecular weight is 463 g/mol. The third-order valence-electron chi connectivity index (χ3n) is 6.69. The number of nitrogens with one attached hydrogen (secondary N) is 1. The van der Waals surface area contributed by atoms with E-state index < -0.39 is 12.0 Å². The lowest BCUT2D eigenvalue weighted by Gasteiger charge is -2.30. The highest BCUT2D eigenvalue weighted by Crippen LogP contribution is 2.31. The zero-order valence-electron chi connectivity index (χ0n) is 20.0. The number of ketones is 1. The SMILES string of the molecule is CCC[C@H](NC(=O)[C@@H](CC(=O)N1CCOCC1)CC1CCCCC1)C(=O)c1nnc(CC)o1. The lowest BCUT2D eigenvalue weighted by Crippen LogP contribution is -2.46. The quantitative estimate of drug-likeness (QED) is 0.503. The number of carbonyl (C=O) groups is 3. The standard InChI is InChI=1S/C24H38N4O5/c1-3-8-19(22(30)24-27-26-20(4-2)33-24)25-23(31)18(15-17-9-6-5-7-10-17)16-21(29)28-11-13-32-14-12-28/h17-19H,3-16H2,1-2H3,(H,25,31)/t18-,19+/m1/s1. The van der Waals surface area contributed by atoms with Crippen LogP contribution in [0.15, 0.2) is 4.42 Å². The van der Waals surface area contributed by atoms with Gasteiger partial charge in [-0.1, -0.05) is 52.4 Å². The first-order valence-electron chi connectivity index (χ1n) is 12.5. The predicted octanol–water partition coefficient (Wildman–Crippen LogP) is 2.94. The van der Waals surface area contributed by atoms with Crippen molar-refractivity contribution in [2.45, 2.75) is 84.1 Å². The van der Waals surface area contributed by atoms with Crippen molar-refractivity contribution in [2.24, 2.45) is 11.8 Å². The fourth-order valence-electron chi connectivity index (χ4n) is 4.75. The summed E-state index contributed by atoms with van der Waals surface area (Å²) in [7, 11) is 0. The summed E-state index contributed by atoms with van der Waals surface area (Å²) < 4.78 is 10.8. The van der Waals surface area contributed by atoms with Gasteiger partial charge in [0, 0.05) is 31.8 Å². The van der Waals surface area contributed by atoms with Crippen molar-refractivity contribution in [3.63, 3.8) is 0 Å². The van der Waals surface area contributed by atoms with Gasteiger partial charge in [0.05, 0.1) is 19.3 Å².